The van der Waals surface area contributed by atoms with E-state index in [9.17, 15) is 24.0 Å². The van der Waals surface area contributed by atoms with Crippen LogP contribution >= 0.6 is 0 Å². The van der Waals surface area contributed by atoms with E-state index in [0.29, 0.717) is 12.8 Å². The average molecular weight is 444 g/mol. The van der Waals surface area contributed by atoms with Crippen molar-refractivity contribution in [2.75, 3.05) is 0 Å². The largest absolute Gasteiger partial charge is 0.480 e. The van der Waals surface area contributed by atoms with Crippen LogP contribution in [0.4, 0.5) is 0 Å². The Hall–Kier alpha value is -2.69. The van der Waals surface area contributed by atoms with E-state index in [2.05, 4.69) is 16.0 Å². The Morgan fingerprint density at radius 2 is 1.48 bits per heavy atom. The highest BCUT2D eigenvalue weighted by molar-refractivity contribution is 5.94. The lowest BCUT2D eigenvalue weighted by Gasteiger charge is -2.28. The summed E-state index contributed by atoms with van der Waals surface area (Å²) < 4.78 is 0. The zero-order valence-corrected chi connectivity index (χ0v) is 18.9. The molecular formula is C20H37N5O6. The molecule has 0 aromatic rings. The summed E-state index contributed by atoms with van der Waals surface area (Å²) in [6.07, 6.45) is 0.829. The van der Waals surface area contributed by atoms with Gasteiger partial charge in [0.15, 0.2) is 0 Å². The van der Waals surface area contributed by atoms with E-state index in [4.69, 9.17) is 16.6 Å². The number of carbonyl (C=O) groups excluding carboxylic acids is 4. The highest BCUT2D eigenvalue weighted by atomic mass is 16.4. The van der Waals surface area contributed by atoms with Crippen LogP contribution in [0, 0.1) is 11.8 Å². The first-order chi connectivity index (χ1) is 14.3. The van der Waals surface area contributed by atoms with Crippen LogP contribution in [0.3, 0.4) is 0 Å². The summed E-state index contributed by atoms with van der Waals surface area (Å²) in [6.45, 7) is 8.65. The summed E-state index contributed by atoms with van der Waals surface area (Å²) in [4.78, 5) is 59.8. The molecule has 4 amide bonds. The van der Waals surface area contributed by atoms with Crippen molar-refractivity contribution in [3.8, 4) is 0 Å². The molecule has 0 aliphatic carbocycles. The van der Waals surface area contributed by atoms with Crippen molar-refractivity contribution in [2.24, 2.45) is 23.3 Å². The summed E-state index contributed by atoms with van der Waals surface area (Å²) in [5.41, 5.74) is 10.8. The van der Waals surface area contributed by atoms with Gasteiger partial charge in [0.2, 0.25) is 23.6 Å². The van der Waals surface area contributed by atoms with Gasteiger partial charge in [-0.1, -0.05) is 34.1 Å². The summed E-state index contributed by atoms with van der Waals surface area (Å²) in [7, 11) is 0. The van der Waals surface area contributed by atoms with Crippen LogP contribution in [0.2, 0.25) is 0 Å². The predicted molar refractivity (Wildman–Crippen MR) is 114 cm³/mol. The van der Waals surface area contributed by atoms with Crippen LogP contribution < -0.4 is 27.4 Å². The maximum absolute atomic E-state index is 12.9. The molecule has 0 aliphatic rings. The number of nitrogens with two attached hydrogens (primary N) is 2. The standard InChI is InChI=1S/C20H37N5O6/c1-6-11(4)16(19(29)23-12(5)20(30)31)25-18(28)14(9-10(2)3)24-17(27)13(21)7-8-15(22)26/h10-14,16H,6-9,21H2,1-5H3,(H2,22,26)(H,23,29)(H,24,27)(H,25,28)(H,30,31). The molecule has 5 unspecified atom stereocenters. The topological polar surface area (TPSA) is 194 Å². The number of rotatable bonds is 14. The predicted octanol–water partition coefficient (Wildman–Crippen LogP) is -0.770. The van der Waals surface area contributed by atoms with Crippen LogP contribution in [0.1, 0.15) is 60.3 Å². The highest BCUT2D eigenvalue weighted by Gasteiger charge is 2.32. The summed E-state index contributed by atoms with van der Waals surface area (Å²) in [5.74, 6) is -3.82. The number of nitrogens with one attached hydrogen (secondary N) is 3. The minimum Gasteiger partial charge on any atom is -0.480 e. The minimum atomic E-state index is -1.20. The lowest BCUT2D eigenvalue weighted by atomic mass is 9.96. The summed E-state index contributed by atoms with van der Waals surface area (Å²) in [5, 5.41) is 16.6. The fourth-order valence-electron chi connectivity index (χ4n) is 2.73. The molecule has 0 aromatic carbocycles. The minimum absolute atomic E-state index is 0.0424. The first-order valence-corrected chi connectivity index (χ1v) is 10.5. The van der Waals surface area contributed by atoms with E-state index in [0.717, 1.165) is 0 Å². The van der Waals surface area contributed by atoms with Crippen LogP contribution in [-0.4, -0.2) is 58.9 Å². The van der Waals surface area contributed by atoms with Gasteiger partial charge in [0, 0.05) is 6.42 Å². The van der Waals surface area contributed by atoms with Gasteiger partial charge in [-0.15, -0.1) is 0 Å². The van der Waals surface area contributed by atoms with Crippen LogP contribution in [0.25, 0.3) is 0 Å². The normalized spacial score (nSPS) is 15.8. The first kappa shape index (κ1) is 28.3. The molecule has 0 radical (unpaired) electrons. The lowest BCUT2D eigenvalue weighted by Crippen LogP contribution is -2.58. The van der Waals surface area contributed by atoms with E-state index in [-0.39, 0.29) is 24.7 Å². The third-order valence-electron chi connectivity index (χ3n) is 4.90. The molecule has 0 fully saturated rings. The number of hydrogen-bond acceptors (Lipinski definition) is 6. The molecule has 0 rings (SSSR count). The maximum Gasteiger partial charge on any atom is 0.325 e. The van der Waals surface area contributed by atoms with Crippen molar-refractivity contribution in [1.29, 1.82) is 0 Å². The third kappa shape index (κ3) is 10.8. The van der Waals surface area contributed by atoms with E-state index in [1.54, 1.807) is 6.92 Å². The van der Waals surface area contributed by atoms with E-state index < -0.39 is 53.8 Å². The number of primary amides is 1. The molecule has 0 heterocycles. The molecule has 0 saturated heterocycles. The molecule has 0 bridgehead atoms. The number of aliphatic carboxylic acids is 1. The Morgan fingerprint density at radius 1 is 0.903 bits per heavy atom. The van der Waals surface area contributed by atoms with Crippen molar-refractivity contribution in [3.63, 3.8) is 0 Å². The number of amides is 4. The van der Waals surface area contributed by atoms with Crippen LogP contribution in [-0.2, 0) is 24.0 Å². The highest BCUT2D eigenvalue weighted by Crippen LogP contribution is 2.11. The van der Waals surface area contributed by atoms with Gasteiger partial charge in [-0.05, 0) is 31.6 Å². The van der Waals surface area contributed by atoms with Crippen molar-refractivity contribution in [1.82, 2.24) is 16.0 Å². The summed E-state index contributed by atoms with van der Waals surface area (Å²) >= 11 is 0. The second-order valence-corrected chi connectivity index (χ2v) is 8.24. The monoisotopic (exact) mass is 443 g/mol. The van der Waals surface area contributed by atoms with Crippen LogP contribution in [0.5, 0.6) is 0 Å². The van der Waals surface area contributed by atoms with Gasteiger partial charge in [-0.2, -0.15) is 0 Å². The van der Waals surface area contributed by atoms with Gasteiger partial charge in [-0.25, -0.2) is 0 Å². The SMILES string of the molecule is CCC(C)C(NC(=O)C(CC(C)C)NC(=O)C(N)CCC(N)=O)C(=O)NC(C)C(=O)O. The Morgan fingerprint density at radius 3 is 1.94 bits per heavy atom. The second kappa shape index (κ2) is 13.6. The number of hydrogen-bond donors (Lipinski definition) is 6. The molecule has 31 heavy (non-hydrogen) atoms. The van der Waals surface area contributed by atoms with E-state index in [1.165, 1.54) is 6.92 Å². The lowest BCUT2D eigenvalue weighted by molar-refractivity contribution is -0.142. The molecular weight excluding hydrogens is 406 g/mol. The molecule has 0 saturated carbocycles. The van der Waals surface area contributed by atoms with Crippen LogP contribution in [0.15, 0.2) is 0 Å². The fraction of sp³-hybridized carbons (Fsp3) is 0.750. The van der Waals surface area contributed by atoms with Gasteiger partial charge >= 0.3 is 5.97 Å². The second-order valence-electron chi connectivity index (χ2n) is 8.24. The zero-order chi connectivity index (χ0) is 24.3. The number of carboxylic acids is 1. The Kier molecular flexibility index (Phi) is 12.4. The molecule has 5 atom stereocenters. The third-order valence-corrected chi connectivity index (χ3v) is 4.90. The average Bonchev–Trinajstić information content (AvgIpc) is 2.67. The van der Waals surface area contributed by atoms with E-state index in [1.807, 2.05) is 20.8 Å². The van der Waals surface area contributed by atoms with Crippen molar-refractivity contribution in [2.45, 2.75) is 84.5 Å². The van der Waals surface area contributed by atoms with Crippen molar-refractivity contribution < 1.29 is 29.1 Å². The first-order valence-electron chi connectivity index (χ1n) is 10.5. The Balaban J connectivity index is 5.37. The molecule has 8 N–H and O–H groups in total. The smallest absolute Gasteiger partial charge is 0.325 e. The quantitative estimate of drug-likeness (QED) is 0.203. The van der Waals surface area contributed by atoms with Gasteiger partial charge in [0.1, 0.15) is 18.1 Å². The Bertz CT molecular complexity index is 654. The molecule has 178 valence electrons. The molecule has 0 spiro atoms. The van der Waals surface area contributed by atoms with Gasteiger partial charge in [-0.3, -0.25) is 24.0 Å². The molecule has 11 heteroatoms. The number of carbonyl (C=O) groups is 5. The van der Waals surface area contributed by atoms with Gasteiger partial charge < -0.3 is 32.5 Å². The summed E-state index contributed by atoms with van der Waals surface area (Å²) in [6, 6.07) is -4.07. The van der Waals surface area contributed by atoms with Crippen molar-refractivity contribution in [3.05, 3.63) is 0 Å². The van der Waals surface area contributed by atoms with Gasteiger partial charge in [0.05, 0.1) is 6.04 Å². The van der Waals surface area contributed by atoms with Crippen molar-refractivity contribution >= 4 is 29.6 Å². The van der Waals surface area contributed by atoms with E-state index >= 15 is 0 Å². The Labute approximate surface area is 183 Å². The fourth-order valence-corrected chi connectivity index (χ4v) is 2.73. The maximum atomic E-state index is 12.9. The zero-order valence-electron chi connectivity index (χ0n) is 18.9. The number of carboxylic acid groups (broad SMARTS) is 1. The van der Waals surface area contributed by atoms with Gasteiger partial charge in [0.25, 0.3) is 0 Å². The molecule has 0 aliphatic heterocycles. The molecule has 0 aromatic heterocycles. The molecule has 11 nitrogen and oxygen atoms in total.